The SMILES string of the molecule is C=CC(C)(O)CC/C=C(\CO)C(=O)O[C@H]1[C@H](O[C@@H]2[C@H](OC(=O)[C@]34CCC(C)(C)C[C@H]3C3=CC[C@@H]5[C@@]6(C)CC[C@H](O[C@H]7O[C@@H](CO[C@@H]8OC[C@H](O)[C@@H](O)[C@@H]8O[C@@H]8OC[C@@H](O)[C@H](O)[C@@H]8O)[C@@H](O)[C@H](O)[C@@H]7O)C(C)(C)[C@@H]6CC[C@@]5(C)[C@]3(C)CC4)O[C@@H](COC(=O)/C(=C/CC[C@](C)(C=C)O[C@@H]3OC[C@@H](O)[C@H](O)[C@@H]3OC(=O)/C(=C/CC[C@@](C)(O)C=C)CO)CO)[C@@H](O)[C@@H]2O)O[C@@H](C)[C@H](O[C@@H]2OC[C@@H](O)[C@H](O[C@@H]3OC[C@@H](O)[C@H](O)[C@@H]3O)[C@@H]2O)[C@@H]1O. The first-order chi connectivity index (χ1) is 70.0. The lowest BCUT2D eigenvalue weighted by Crippen LogP contribution is -2.67. The summed E-state index contributed by atoms with van der Waals surface area (Å²) in [5.41, 5.74) is -8.26. The maximum Gasteiger partial charge on any atom is 0.336 e. The minimum absolute atomic E-state index is 0.00160. The number of hydrogen-bond donors (Lipinski definition) is 23. The molecule has 0 aromatic rings. The number of carbonyl (C=O) groups is 4. The zero-order valence-corrected chi connectivity index (χ0v) is 86.2. The van der Waals surface area contributed by atoms with Crippen LogP contribution in [0.15, 0.2) is 84.6 Å². The van der Waals surface area contributed by atoms with Crippen molar-refractivity contribution in [1.82, 2.24) is 0 Å². The Morgan fingerprint density at radius 3 is 1.45 bits per heavy atom. The lowest BCUT2D eigenvalue weighted by atomic mass is 9.33. The summed E-state index contributed by atoms with van der Waals surface area (Å²) in [6.07, 6.45) is -48.7. The molecule has 8 aliphatic heterocycles. The second-order valence-electron chi connectivity index (χ2n) is 45.4. The van der Waals surface area contributed by atoms with Crippen molar-refractivity contribution in [3.8, 4) is 0 Å². The Bertz CT molecular complexity index is 4640. The van der Waals surface area contributed by atoms with Gasteiger partial charge in [-0.15, -0.1) is 19.7 Å². The Hall–Kier alpha value is -5.46. The maximum atomic E-state index is 16.7. The van der Waals surface area contributed by atoms with Crippen LogP contribution < -0.4 is 0 Å². The molecule has 12 fully saturated rings. The molecule has 0 amide bonds. The van der Waals surface area contributed by atoms with Gasteiger partial charge in [0.1, 0.15) is 147 Å². The zero-order valence-electron chi connectivity index (χ0n) is 86.2. The first-order valence-electron chi connectivity index (χ1n) is 51.6. The van der Waals surface area contributed by atoms with Crippen LogP contribution in [0.3, 0.4) is 0 Å². The normalized spacial score (nSPS) is 44.8. The Balaban J connectivity index is 0.766. The maximum absolute atomic E-state index is 16.7. The molecule has 13 rings (SSSR count). The number of aliphatic hydroxyl groups excluding tert-OH is 21. The van der Waals surface area contributed by atoms with Crippen molar-refractivity contribution in [2.45, 2.75) is 417 Å². The van der Waals surface area contributed by atoms with Gasteiger partial charge in [0.2, 0.25) is 6.29 Å². The van der Waals surface area contributed by atoms with E-state index in [1.54, 1.807) is 0 Å². The summed E-state index contributed by atoms with van der Waals surface area (Å²) >= 11 is 0. The van der Waals surface area contributed by atoms with E-state index in [9.17, 15) is 132 Å². The highest BCUT2D eigenvalue weighted by Crippen LogP contribution is 2.76. The van der Waals surface area contributed by atoms with Crippen LogP contribution in [0.25, 0.3) is 0 Å². The lowest BCUT2D eigenvalue weighted by Gasteiger charge is -2.71. The number of esters is 4. The van der Waals surface area contributed by atoms with Gasteiger partial charge in [0.05, 0.1) is 111 Å². The summed E-state index contributed by atoms with van der Waals surface area (Å²) in [5, 5.41) is 255. The minimum atomic E-state index is -2.31. The van der Waals surface area contributed by atoms with E-state index in [-0.39, 0.29) is 74.3 Å². The van der Waals surface area contributed by atoms with Gasteiger partial charge in [-0.25, -0.2) is 14.4 Å². The first kappa shape index (κ1) is 121. The third-order valence-electron chi connectivity index (χ3n) is 34.3. The molecule has 23 N–H and O–H groups in total. The Morgan fingerprint density at radius 2 is 0.886 bits per heavy atom. The van der Waals surface area contributed by atoms with Gasteiger partial charge in [-0.1, -0.05) is 96.6 Å². The molecule has 0 radical (unpaired) electrons. The highest BCUT2D eigenvalue weighted by atomic mass is 16.8. The molecule has 0 spiro atoms. The largest absolute Gasteiger partial charge is 0.459 e. The second kappa shape index (κ2) is 48.9. The van der Waals surface area contributed by atoms with Gasteiger partial charge >= 0.3 is 23.9 Å². The Kier molecular flexibility index (Phi) is 39.6. The first-order valence-corrected chi connectivity index (χ1v) is 51.6. The summed E-state index contributed by atoms with van der Waals surface area (Å²) in [6, 6.07) is 0. The number of allylic oxidation sites excluding steroid dienone is 5. The summed E-state index contributed by atoms with van der Waals surface area (Å²) in [6.45, 7) is 25.3. The average molecular weight is 2130 g/mol. The Labute approximate surface area is 864 Å². The number of fused-ring (bicyclic) bond motifs is 7. The van der Waals surface area contributed by atoms with Gasteiger partial charge in [-0.05, 0) is 175 Å². The standard InChI is InChI=1S/C103H160O46/c1-15-97(9,129)28-18-21-50(39-105)84(126)142-80-67(115)57(110)44-136-91(80)149-99(11,17-3)30-20-23-49(38-104)83(125)131-46-59-69(117)71(119)81(147-92-82(143-85(127)51(40-106)22-19-29-98(10,130)16-2)75(123)77(48(4)138-92)144-88-76(124)78(58(111)45-134-88)145-86-72(120)64(112)54(107)41-132-86)93(140-59)148-94(128)103-35-33-95(5,6)37-53(103)52-24-25-62-100(12)31-27-63(96(7,8)61(100)26-32-102(62,14)101(52,13)34-36-103)141-89-74(122)70(118)68(116)60(139-89)47-137-90-79(66(114)56(109)43-135-90)146-87-73(121)65(113)55(108)42-133-87/h15-17,21-24,48,53-82,86-93,104-124,129-130H,1-3,18-20,25-47H2,4-14H3/b49-23+,50-21+,51-22+/t48-,53-,54+,55+,56-,57+,58+,59-,60-,61-,62+,63-,64-,65-,66+,67-,68+,69+,70-,71-,72-,73-,74-,75-,76-,77-,78-,79-,80-,81-,82+,86-,87-,88-,89+,90-,91-,92-,93-,97-,98?,99-,100-,101+,102+,103-/m0/s1. The molecule has 8 heterocycles. The van der Waals surface area contributed by atoms with Crippen molar-refractivity contribution in [3.63, 3.8) is 0 Å². The van der Waals surface area contributed by atoms with Crippen LogP contribution >= 0.6 is 0 Å². The summed E-state index contributed by atoms with van der Waals surface area (Å²) < 4.78 is 115. The molecule has 1 unspecified atom stereocenters. The number of ether oxygens (including phenoxy) is 19. The van der Waals surface area contributed by atoms with E-state index in [0.717, 1.165) is 5.57 Å². The van der Waals surface area contributed by atoms with Gasteiger partial charge in [-0.3, -0.25) is 4.79 Å². The summed E-state index contributed by atoms with van der Waals surface area (Å²) in [4.78, 5) is 59.3. The van der Waals surface area contributed by atoms with E-state index in [0.29, 0.717) is 51.4 Å². The lowest BCUT2D eigenvalue weighted by molar-refractivity contribution is -0.379. The van der Waals surface area contributed by atoms with Gasteiger partial charge in [0.15, 0.2) is 62.3 Å². The highest BCUT2D eigenvalue weighted by Gasteiger charge is 2.71. The molecule has 13 aliphatic rings. The summed E-state index contributed by atoms with van der Waals surface area (Å²) in [7, 11) is 0. The smallest absolute Gasteiger partial charge is 0.336 e. The number of aliphatic hydroxyl groups is 23. The number of carbonyl (C=O) groups excluding carboxylic acids is 4. The predicted octanol–water partition coefficient (Wildman–Crippen LogP) is -2.96. The van der Waals surface area contributed by atoms with E-state index < -0.39 is 372 Å². The van der Waals surface area contributed by atoms with Gasteiger partial charge in [0.25, 0.3) is 0 Å². The van der Waals surface area contributed by atoms with Gasteiger partial charge in [0, 0.05) is 0 Å². The summed E-state index contributed by atoms with van der Waals surface area (Å²) in [5.74, 6) is -5.09. The molecule has 0 bridgehead atoms. The molecular weight excluding hydrogens is 1970 g/mol. The molecule has 0 aromatic carbocycles. The molecule has 149 heavy (non-hydrogen) atoms. The number of hydrogen-bond acceptors (Lipinski definition) is 46. The molecule has 0 aromatic heterocycles. The van der Waals surface area contributed by atoms with Crippen LogP contribution in [0.4, 0.5) is 0 Å². The quantitative estimate of drug-likeness (QED) is 0.00961. The van der Waals surface area contributed by atoms with Crippen LogP contribution in [0.2, 0.25) is 0 Å². The van der Waals surface area contributed by atoms with E-state index in [4.69, 9.17) is 90.0 Å². The molecule has 46 atom stereocenters. The fourth-order valence-electron chi connectivity index (χ4n) is 24.4. The fourth-order valence-corrected chi connectivity index (χ4v) is 24.4. The predicted molar refractivity (Wildman–Crippen MR) is 509 cm³/mol. The van der Waals surface area contributed by atoms with E-state index in [2.05, 4.69) is 74.3 Å². The minimum Gasteiger partial charge on any atom is -0.459 e. The third kappa shape index (κ3) is 25.6. The van der Waals surface area contributed by atoms with Crippen LogP contribution in [-0.2, 0) is 109 Å². The van der Waals surface area contributed by atoms with Crippen molar-refractivity contribution < 1.29 is 227 Å². The molecule has 46 heteroatoms. The van der Waals surface area contributed by atoms with Gasteiger partial charge < -0.3 is 207 Å². The van der Waals surface area contributed by atoms with Crippen LogP contribution in [0.5, 0.6) is 0 Å². The van der Waals surface area contributed by atoms with Crippen LogP contribution in [0, 0.1) is 50.2 Å². The van der Waals surface area contributed by atoms with Crippen molar-refractivity contribution in [1.29, 1.82) is 0 Å². The highest BCUT2D eigenvalue weighted by molar-refractivity contribution is 5.90. The van der Waals surface area contributed by atoms with E-state index in [1.807, 2.05) is 0 Å². The topological polar surface area (TPSA) is 709 Å². The third-order valence-corrected chi connectivity index (χ3v) is 34.3. The fraction of sp³-hybridized carbons (Fsp3) is 0.825. The molecule has 4 saturated carbocycles. The van der Waals surface area contributed by atoms with Crippen molar-refractivity contribution in [3.05, 3.63) is 84.6 Å². The molecule has 5 aliphatic carbocycles. The van der Waals surface area contributed by atoms with Gasteiger partial charge in [-0.2, -0.15) is 0 Å². The Morgan fingerprint density at radius 1 is 0.423 bits per heavy atom. The van der Waals surface area contributed by atoms with Crippen molar-refractivity contribution >= 4 is 23.9 Å². The monoisotopic (exact) mass is 2130 g/mol. The molecular formula is C103H160O46. The van der Waals surface area contributed by atoms with Crippen LogP contribution in [-0.4, -0.2) is 445 Å². The molecule has 8 saturated heterocycles. The van der Waals surface area contributed by atoms with E-state index in [1.165, 1.54) is 64.2 Å². The van der Waals surface area contributed by atoms with Crippen LogP contribution in [0.1, 0.15) is 179 Å². The second-order valence-corrected chi connectivity index (χ2v) is 45.4. The molecule has 46 nitrogen and oxygen atoms in total. The van der Waals surface area contributed by atoms with E-state index >= 15 is 4.79 Å². The van der Waals surface area contributed by atoms with Crippen molar-refractivity contribution in [2.75, 3.05) is 66.1 Å². The average Bonchev–Trinajstić information content (AvgIpc) is 0.672. The number of rotatable bonds is 39. The van der Waals surface area contributed by atoms with Crippen molar-refractivity contribution in [2.24, 2.45) is 50.2 Å². The molecule has 848 valence electrons. The zero-order chi connectivity index (χ0) is 109.